The van der Waals surface area contributed by atoms with Crippen molar-refractivity contribution in [2.75, 3.05) is 37.8 Å². The van der Waals surface area contributed by atoms with Crippen molar-refractivity contribution < 1.29 is 18.8 Å². The third kappa shape index (κ3) is 6.76. The molecule has 4 nitrogen and oxygen atoms in total. The normalized spacial score (nSPS) is 11.8. The summed E-state index contributed by atoms with van der Waals surface area (Å²) in [6.07, 6.45) is 0. The van der Waals surface area contributed by atoms with Gasteiger partial charge in [-0.3, -0.25) is 4.79 Å². The first kappa shape index (κ1) is 19.3. The number of ether oxygens (including phenoxy) is 1. The average Bonchev–Trinajstić information content (AvgIpc) is 2.63. The Morgan fingerprint density at radius 3 is 2.44 bits per heavy atom. The van der Waals surface area contributed by atoms with Gasteiger partial charge in [-0.25, -0.2) is 4.39 Å². The molecule has 2 N–H and O–H groups in total. The second-order valence-electron chi connectivity index (χ2n) is 5.61. The number of quaternary nitrogens is 1. The minimum absolute atomic E-state index is 0.00574. The number of halogens is 1. The first-order valence-corrected chi connectivity index (χ1v) is 9.25. The van der Waals surface area contributed by atoms with Gasteiger partial charge in [-0.2, -0.15) is 0 Å². The van der Waals surface area contributed by atoms with Crippen LogP contribution < -0.4 is 15.0 Å². The van der Waals surface area contributed by atoms with Gasteiger partial charge < -0.3 is 15.0 Å². The third-order valence-corrected chi connectivity index (χ3v) is 4.84. The molecule has 0 radical (unpaired) electrons. The molecule has 0 aliphatic rings. The van der Waals surface area contributed by atoms with Gasteiger partial charge in [0.05, 0.1) is 20.2 Å². The molecule has 0 spiro atoms. The van der Waals surface area contributed by atoms with Crippen molar-refractivity contribution in [3.05, 3.63) is 54.3 Å². The van der Waals surface area contributed by atoms with Gasteiger partial charge in [0.2, 0.25) is 0 Å². The molecule has 0 bridgehead atoms. The van der Waals surface area contributed by atoms with Crippen molar-refractivity contribution in [2.45, 2.75) is 11.8 Å². The van der Waals surface area contributed by atoms with E-state index in [1.807, 2.05) is 24.3 Å². The summed E-state index contributed by atoms with van der Waals surface area (Å²) in [5.74, 6) is 1.41. The number of hydrogen-bond acceptors (Lipinski definition) is 3. The summed E-state index contributed by atoms with van der Waals surface area (Å²) >= 11 is 1.67. The molecule has 2 aromatic carbocycles. The van der Waals surface area contributed by atoms with Crippen LogP contribution in [0.1, 0.15) is 6.92 Å². The summed E-state index contributed by atoms with van der Waals surface area (Å²) in [4.78, 5) is 14.4. The Hall–Kier alpha value is -2.05. The van der Waals surface area contributed by atoms with E-state index in [1.54, 1.807) is 31.0 Å². The summed E-state index contributed by atoms with van der Waals surface area (Å²) in [6, 6.07) is 13.8. The Kier molecular flexibility index (Phi) is 7.76. The molecule has 0 aliphatic carbocycles. The molecule has 134 valence electrons. The molecule has 1 unspecified atom stereocenters. The molecular formula is C19H24FN2O2S+. The number of carbonyl (C=O) groups excluding carboxylic acids is 1. The number of amides is 1. The maximum absolute atomic E-state index is 12.9. The maximum atomic E-state index is 12.9. The lowest BCUT2D eigenvalue weighted by Crippen LogP contribution is -3.13. The Bertz CT molecular complexity index is 662. The number of thioether (sulfide) groups is 1. The summed E-state index contributed by atoms with van der Waals surface area (Å²) < 4.78 is 18.0. The summed E-state index contributed by atoms with van der Waals surface area (Å²) in [6.45, 7) is 4.24. The second-order valence-corrected chi connectivity index (χ2v) is 6.78. The zero-order valence-electron chi connectivity index (χ0n) is 14.5. The fourth-order valence-corrected chi connectivity index (χ4v) is 3.30. The topological polar surface area (TPSA) is 42.8 Å². The van der Waals surface area contributed by atoms with E-state index in [1.165, 1.54) is 17.0 Å². The van der Waals surface area contributed by atoms with E-state index in [2.05, 4.69) is 12.2 Å². The number of methoxy groups -OCH3 is 1. The van der Waals surface area contributed by atoms with Crippen LogP contribution in [0, 0.1) is 5.82 Å². The standard InChI is InChI=1S/C19H23FN2O2S/c1-3-22(12-13-25-18-10-4-15(20)5-11-18)14-19(23)21-16-6-8-17(24-2)9-7-16/h4-11H,3,12-14H2,1-2H3,(H,21,23)/p+1. The summed E-state index contributed by atoms with van der Waals surface area (Å²) in [5.41, 5.74) is 0.766. The van der Waals surface area contributed by atoms with Gasteiger partial charge in [0.25, 0.3) is 5.91 Å². The van der Waals surface area contributed by atoms with Crippen molar-refractivity contribution in [2.24, 2.45) is 0 Å². The van der Waals surface area contributed by atoms with Crippen molar-refractivity contribution >= 4 is 23.4 Å². The van der Waals surface area contributed by atoms with E-state index in [-0.39, 0.29) is 11.7 Å². The van der Waals surface area contributed by atoms with E-state index in [0.29, 0.717) is 6.54 Å². The highest BCUT2D eigenvalue weighted by Gasteiger charge is 2.12. The van der Waals surface area contributed by atoms with Gasteiger partial charge in [0.15, 0.2) is 6.54 Å². The maximum Gasteiger partial charge on any atom is 0.279 e. The van der Waals surface area contributed by atoms with Crippen LogP contribution in [-0.4, -0.2) is 38.4 Å². The molecule has 1 amide bonds. The van der Waals surface area contributed by atoms with Crippen LogP contribution in [0.25, 0.3) is 0 Å². The molecule has 0 saturated heterocycles. The minimum atomic E-state index is -0.222. The largest absolute Gasteiger partial charge is 0.497 e. The summed E-state index contributed by atoms with van der Waals surface area (Å²) in [7, 11) is 1.61. The van der Waals surface area contributed by atoms with E-state index < -0.39 is 0 Å². The van der Waals surface area contributed by atoms with Crippen LogP contribution in [0.3, 0.4) is 0 Å². The average molecular weight is 363 g/mol. The lowest BCUT2D eigenvalue weighted by molar-refractivity contribution is -0.887. The van der Waals surface area contributed by atoms with E-state index in [0.717, 1.165) is 35.2 Å². The molecule has 1 atom stereocenters. The van der Waals surface area contributed by atoms with Crippen molar-refractivity contribution in [3.63, 3.8) is 0 Å². The van der Waals surface area contributed by atoms with Crippen molar-refractivity contribution in [1.29, 1.82) is 0 Å². The van der Waals surface area contributed by atoms with Crippen LogP contribution in [0.4, 0.5) is 10.1 Å². The number of rotatable bonds is 9. The fourth-order valence-electron chi connectivity index (χ4n) is 2.34. The SMILES string of the molecule is CC[NH+](CCSc1ccc(F)cc1)CC(=O)Nc1ccc(OC)cc1. The van der Waals surface area contributed by atoms with Crippen LogP contribution in [-0.2, 0) is 4.79 Å². The molecule has 2 rings (SSSR count). The lowest BCUT2D eigenvalue weighted by Gasteiger charge is -2.17. The fraction of sp³-hybridized carbons (Fsp3) is 0.316. The number of benzene rings is 2. The molecule has 25 heavy (non-hydrogen) atoms. The van der Waals surface area contributed by atoms with Crippen molar-refractivity contribution in [1.82, 2.24) is 0 Å². The molecule has 0 saturated carbocycles. The number of likely N-dealkylation sites (N-methyl/N-ethyl adjacent to an activating group) is 1. The molecular weight excluding hydrogens is 339 g/mol. The van der Waals surface area contributed by atoms with E-state index in [4.69, 9.17) is 4.74 Å². The first-order chi connectivity index (χ1) is 12.1. The number of hydrogen-bond donors (Lipinski definition) is 2. The zero-order chi connectivity index (χ0) is 18.1. The lowest BCUT2D eigenvalue weighted by atomic mass is 10.3. The monoisotopic (exact) mass is 363 g/mol. The van der Waals surface area contributed by atoms with E-state index in [9.17, 15) is 9.18 Å². The molecule has 0 aromatic heterocycles. The highest BCUT2D eigenvalue weighted by molar-refractivity contribution is 7.99. The van der Waals surface area contributed by atoms with Crippen LogP contribution >= 0.6 is 11.8 Å². The van der Waals surface area contributed by atoms with Crippen molar-refractivity contribution in [3.8, 4) is 5.75 Å². The Morgan fingerprint density at radius 1 is 1.16 bits per heavy atom. The van der Waals surface area contributed by atoms with E-state index >= 15 is 0 Å². The van der Waals surface area contributed by atoms with Gasteiger partial charge in [0.1, 0.15) is 11.6 Å². The van der Waals surface area contributed by atoms with Gasteiger partial charge in [0, 0.05) is 16.3 Å². The van der Waals surface area contributed by atoms with Gasteiger partial charge >= 0.3 is 0 Å². The van der Waals surface area contributed by atoms with Crippen LogP contribution in [0.15, 0.2) is 53.4 Å². The second kappa shape index (κ2) is 10.1. The molecule has 0 aliphatic heterocycles. The highest BCUT2D eigenvalue weighted by Crippen LogP contribution is 2.17. The highest BCUT2D eigenvalue weighted by atomic mass is 32.2. The molecule has 0 fully saturated rings. The Morgan fingerprint density at radius 2 is 1.84 bits per heavy atom. The van der Waals surface area contributed by atoms with Crippen LogP contribution in [0.5, 0.6) is 5.75 Å². The predicted octanol–water partition coefficient (Wildman–Crippen LogP) is 2.47. The Labute approximate surface area is 152 Å². The first-order valence-electron chi connectivity index (χ1n) is 8.26. The summed E-state index contributed by atoms with van der Waals surface area (Å²) in [5, 5.41) is 2.91. The predicted molar refractivity (Wildman–Crippen MR) is 100.0 cm³/mol. The molecule has 6 heteroatoms. The molecule has 0 heterocycles. The quantitative estimate of drug-likeness (QED) is 0.673. The van der Waals surface area contributed by atoms with Gasteiger partial charge in [-0.15, -0.1) is 11.8 Å². The third-order valence-electron chi connectivity index (χ3n) is 3.82. The smallest absolute Gasteiger partial charge is 0.279 e. The van der Waals surface area contributed by atoms with Gasteiger partial charge in [-0.1, -0.05) is 0 Å². The van der Waals surface area contributed by atoms with Gasteiger partial charge in [-0.05, 0) is 55.5 Å². The molecule has 2 aromatic rings. The number of anilines is 1. The number of carbonyl (C=O) groups is 1. The minimum Gasteiger partial charge on any atom is -0.497 e. The Balaban J connectivity index is 1.75. The number of nitrogens with one attached hydrogen (secondary N) is 2. The van der Waals surface area contributed by atoms with Crippen LogP contribution in [0.2, 0.25) is 0 Å². The zero-order valence-corrected chi connectivity index (χ0v) is 15.4.